The highest BCUT2D eigenvalue weighted by Crippen LogP contribution is 2.21. The van der Waals surface area contributed by atoms with Crippen molar-refractivity contribution < 1.29 is 9.90 Å². The van der Waals surface area contributed by atoms with E-state index in [1.165, 1.54) is 18.0 Å². The highest BCUT2D eigenvalue weighted by atomic mass is 32.2. The molecule has 2 aromatic heterocycles. The second-order valence-corrected chi connectivity index (χ2v) is 4.37. The van der Waals surface area contributed by atoms with Gasteiger partial charge in [-0.15, -0.1) is 0 Å². The molecule has 0 aromatic carbocycles. The first-order valence-corrected chi connectivity index (χ1v) is 5.94. The maximum Gasteiger partial charge on any atom is 0.354 e. The van der Waals surface area contributed by atoms with E-state index in [1.807, 2.05) is 17.8 Å². The van der Waals surface area contributed by atoms with Crippen LogP contribution in [0.2, 0.25) is 0 Å². The molecule has 2 rings (SSSR count). The van der Waals surface area contributed by atoms with Gasteiger partial charge in [-0.05, 0) is 11.6 Å². The number of imidazole rings is 1. The Morgan fingerprint density at radius 3 is 2.94 bits per heavy atom. The summed E-state index contributed by atoms with van der Waals surface area (Å²) in [4.78, 5) is 19.0. The van der Waals surface area contributed by atoms with Crippen LogP contribution in [0.1, 0.15) is 16.1 Å². The average Bonchev–Trinajstić information content (AvgIpc) is 2.72. The molecular formula is C11H11N3O2S. The summed E-state index contributed by atoms with van der Waals surface area (Å²) in [5, 5.41) is 9.84. The van der Waals surface area contributed by atoms with Crippen LogP contribution in [0.4, 0.5) is 0 Å². The minimum atomic E-state index is -0.999. The Morgan fingerprint density at radius 2 is 2.29 bits per heavy atom. The van der Waals surface area contributed by atoms with Gasteiger partial charge in [0.25, 0.3) is 0 Å². The highest BCUT2D eigenvalue weighted by Gasteiger charge is 2.11. The number of rotatable bonds is 4. The largest absolute Gasteiger partial charge is 0.477 e. The van der Waals surface area contributed by atoms with E-state index >= 15 is 0 Å². The monoisotopic (exact) mass is 249 g/mol. The molecular weight excluding hydrogens is 238 g/mol. The molecule has 0 unspecified atom stereocenters. The van der Waals surface area contributed by atoms with Crippen molar-refractivity contribution in [2.75, 3.05) is 0 Å². The number of carboxylic acids is 1. The third-order valence-electron chi connectivity index (χ3n) is 2.23. The molecule has 5 nitrogen and oxygen atoms in total. The number of aromatic carboxylic acids is 1. The van der Waals surface area contributed by atoms with Gasteiger partial charge in [0.05, 0.1) is 0 Å². The van der Waals surface area contributed by atoms with Crippen LogP contribution >= 0.6 is 11.8 Å². The molecule has 2 heterocycles. The van der Waals surface area contributed by atoms with Gasteiger partial charge in [-0.1, -0.05) is 17.8 Å². The van der Waals surface area contributed by atoms with Crippen molar-refractivity contribution >= 4 is 17.7 Å². The smallest absolute Gasteiger partial charge is 0.354 e. The second-order valence-electron chi connectivity index (χ2n) is 3.43. The van der Waals surface area contributed by atoms with Crippen LogP contribution in [0.3, 0.4) is 0 Å². The number of pyridine rings is 1. The van der Waals surface area contributed by atoms with E-state index < -0.39 is 5.97 Å². The Labute approximate surface area is 103 Å². The van der Waals surface area contributed by atoms with E-state index in [2.05, 4.69) is 9.97 Å². The van der Waals surface area contributed by atoms with Gasteiger partial charge in [-0.3, -0.25) is 0 Å². The molecule has 0 fully saturated rings. The molecule has 2 aromatic rings. The lowest BCUT2D eigenvalue weighted by atomic mass is 10.2. The number of nitrogens with zero attached hydrogens (tertiary/aromatic N) is 3. The first-order valence-electron chi connectivity index (χ1n) is 4.96. The fourth-order valence-corrected chi connectivity index (χ4v) is 2.30. The molecule has 0 amide bonds. The lowest BCUT2D eigenvalue weighted by molar-refractivity contribution is 0.0689. The molecule has 17 heavy (non-hydrogen) atoms. The Kier molecular flexibility index (Phi) is 3.43. The van der Waals surface area contributed by atoms with Gasteiger partial charge in [-0.25, -0.2) is 14.8 Å². The highest BCUT2D eigenvalue weighted by molar-refractivity contribution is 7.98. The maximum atomic E-state index is 11.0. The first kappa shape index (κ1) is 11.7. The summed E-state index contributed by atoms with van der Waals surface area (Å²) in [6, 6.07) is 3.51. The van der Waals surface area contributed by atoms with Crippen molar-refractivity contribution in [1.29, 1.82) is 0 Å². The summed E-state index contributed by atoms with van der Waals surface area (Å²) in [5.74, 6) is -0.457. The van der Waals surface area contributed by atoms with Crippen molar-refractivity contribution in [2.24, 2.45) is 7.05 Å². The lowest BCUT2D eigenvalue weighted by Crippen LogP contribution is -2.04. The zero-order valence-corrected chi connectivity index (χ0v) is 10.0. The minimum absolute atomic E-state index is 0.106. The molecule has 0 atom stereocenters. The molecule has 6 heteroatoms. The summed E-state index contributed by atoms with van der Waals surface area (Å²) in [6.07, 6.45) is 5.05. The normalized spacial score (nSPS) is 10.4. The van der Waals surface area contributed by atoms with E-state index in [-0.39, 0.29) is 5.69 Å². The zero-order chi connectivity index (χ0) is 12.3. The van der Waals surface area contributed by atoms with Gasteiger partial charge in [0.15, 0.2) is 10.9 Å². The minimum Gasteiger partial charge on any atom is -0.477 e. The van der Waals surface area contributed by atoms with Crippen LogP contribution < -0.4 is 0 Å². The van der Waals surface area contributed by atoms with E-state index in [9.17, 15) is 4.79 Å². The molecule has 0 aliphatic rings. The average molecular weight is 249 g/mol. The summed E-state index contributed by atoms with van der Waals surface area (Å²) >= 11 is 1.49. The van der Waals surface area contributed by atoms with Gasteiger partial charge < -0.3 is 9.67 Å². The maximum absolute atomic E-state index is 11.0. The molecule has 0 saturated carbocycles. The first-order chi connectivity index (χ1) is 8.18. The van der Waals surface area contributed by atoms with Crippen LogP contribution in [-0.4, -0.2) is 25.6 Å². The Morgan fingerprint density at radius 1 is 1.47 bits per heavy atom. The van der Waals surface area contributed by atoms with Crippen molar-refractivity contribution in [3.05, 3.63) is 42.0 Å². The molecule has 0 radical (unpaired) electrons. The second kappa shape index (κ2) is 5.01. The predicted molar refractivity (Wildman–Crippen MR) is 64.0 cm³/mol. The van der Waals surface area contributed by atoms with Gasteiger partial charge >= 0.3 is 5.97 Å². The molecule has 0 spiro atoms. The summed E-state index contributed by atoms with van der Waals surface area (Å²) in [6.45, 7) is 0. The molecule has 1 N–H and O–H groups in total. The van der Waals surface area contributed by atoms with Crippen LogP contribution in [0.25, 0.3) is 0 Å². The Balaban J connectivity index is 2.14. The number of hydrogen-bond donors (Lipinski definition) is 1. The van der Waals surface area contributed by atoms with Gasteiger partial charge in [0.2, 0.25) is 0 Å². The Hall–Kier alpha value is -1.82. The molecule has 88 valence electrons. The van der Waals surface area contributed by atoms with Crippen LogP contribution in [0.5, 0.6) is 0 Å². The predicted octanol–water partition coefficient (Wildman–Crippen LogP) is 1.81. The third kappa shape index (κ3) is 2.65. The van der Waals surface area contributed by atoms with E-state index in [1.54, 1.807) is 18.3 Å². The van der Waals surface area contributed by atoms with Gasteiger partial charge in [0, 0.05) is 31.4 Å². The van der Waals surface area contributed by atoms with Crippen molar-refractivity contribution in [2.45, 2.75) is 10.9 Å². The van der Waals surface area contributed by atoms with Crippen molar-refractivity contribution in [3.8, 4) is 0 Å². The summed E-state index contributed by atoms with van der Waals surface area (Å²) < 4.78 is 1.89. The van der Waals surface area contributed by atoms with E-state index in [0.717, 1.165) is 5.16 Å². The SMILES string of the molecule is Cn1ccnc1SCc1cccnc1C(=O)O. The summed E-state index contributed by atoms with van der Waals surface area (Å²) in [5.41, 5.74) is 0.808. The Bertz CT molecular complexity index is 539. The van der Waals surface area contributed by atoms with E-state index in [4.69, 9.17) is 5.11 Å². The number of carbonyl (C=O) groups is 1. The zero-order valence-electron chi connectivity index (χ0n) is 9.20. The molecule has 0 aliphatic carbocycles. The van der Waals surface area contributed by atoms with Crippen LogP contribution in [0, 0.1) is 0 Å². The number of aromatic nitrogens is 3. The lowest BCUT2D eigenvalue weighted by Gasteiger charge is -2.04. The number of aryl methyl sites for hydroxylation is 1. The van der Waals surface area contributed by atoms with Gasteiger partial charge in [-0.2, -0.15) is 0 Å². The number of carboxylic acid groups (broad SMARTS) is 1. The summed E-state index contributed by atoms with van der Waals surface area (Å²) in [7, 11) is 1.90. The third-order valence-corrected chi connectivity index (χ3v) is 3.33. The standard InChI is InChI=1S/C11H11N3O2S/c1-14-6-5-13-11(14)17-7-8-3-2-4-12-9(8)10(15)16/h2-6H,7H2,1H3,(H,15,16). The molecule has 0 bridgehead atoms. The number of thioether (sulfide) groups is 1. The van der Waals surface area contributed by atoms with Crippen LogP contribution in [0.15, 0.2) is 35.9 Å². The van der Waals surface area contributed by atoms with Crippen molar-refractivity contribution in [1.82, 2.24) is 14.5 Å². The fourth-order valence-electron chi connectivity index (χ4n) is 1.38. The molecule has 0 saturated heterocycles. The topological polar surface area (TPSA) is 68.0 Å². The van der Waals surface area contributed by atoms with Crippen LogP contribution in [-0.2, 0) is 12.8 Å². The van der Waals surface area contributed by atoms with E-state index in [0.29, 0.717) is 11.3 Å². The fraction of sp³-hybridized carbons (Fsp3) is 0.182. The number of hydrogen-bond acceptors (Lipinski definition) is 4. The molecule has 0 aliphatic heterocycles. The van der Waals surface area contributed by atoms with Crippen molar-refractivity contribution in [3.63, 3.8) is 0 Å². The van der Waals surface area contributed by atoms with Gasteiger partial charge in [0.1, 0.15) is 0 Å². The quantitative estimate of drug-likeness (QED) is 0.837.